The Labute approximate surface area is 101 Å². The standard InChI is InChI=1S/C13H27N3/c1-6-12(7-8-14)15-13(9-11(2)3)10-16(4)5/h11-13,15H,6-7,9-10H2,1-5H3. The molecule has 0 aliphatic carbocycles. The molecule has 3 heteroatoms. The summed E-state index contributed by atoms with van der Waals surface area (Å²) in [6, 6.07) is 3.09. The highest BCUT2D eigenvalue weighted by atomic mass is 15.1. The lowest BCUT2D eigenvalue weighted by Crippen LogP contribution is -2.44. The van der Waals surface area contributed by atoms with Crippen molar-refractivity contribution in [3.63, 3.8) is 0 Å². The molecule has 3 nitrogen and oxygen atoms in total. The van der Waals surface area contributed by atoms with E-state index in [1.807, 2.05) is 0 Å². The van der Waals surface area contributed by atoms with Crippen LogP contribution in [0.3, 0.4) is 0 Å². The number of rotatable bonds is 8. The molecule has 2 unspecified atom stereocenters. The summed E-state index contributed by atoms with van der Waals surface area (Å²) < 4.78 is 0. The SMILES string of the molecule is CCC(CC#N)NC(CC(C)C)CN(C)C. The average Bonchev–Trinajstić information content (AvgIpc) is 2.14. The predicted octanol–water partition coefficient (Wildman–Crippen LogP) is 2.24. The summed E-state index contributed by atoms with van der Waals surface area (Å²) in [5.74, 6) is 0.692. The molecule has 94 valence electrons. The van der Waals surface area contributed by atoms with Gasteiger partial charge in [-0.2, -0.15) is 5.26 Å². The summed E-state index contributed by atoms with van der Waals surface area (Å²) >= 11 is 0. The van der Waals surface area contributed by atoms with E-state index < -0.39 is 0 Å². The molecule has 2 atom stereocenters. The lowest BCUT2D eigenvalue weighted by molar-refractivity contribution is 0.283. The normalized spacial score (nSPS) is 15.1. The molecule has 0 amide bonds. The Kier molecular flexibility index (Phi) is 8.23. The number of nitrogens with zero attached hydrogens (tertiary/aromatic N) is 2. The Morgan fingerprint density at radius 2 is 1.88 bits per heavy atom. The molecule has 0 fully saturated rings. The van der Waals surface area contributed by atoms with Gasteiger partial charge in [0.2, 0.25) is 0 Å². The fourth-order valence-electron chi connectivity index (χ4n) is 1.97. The zero-order valence-corrected chi connectivity index (χ0v) is 11.5. The third-order valence-electron chi connectivity index (χ3n) is 2.64. The highest BCUT2D eigenvalue weighted by Gasteiger charge is 2.15. The van der Waals surface area contributed by atoms with E-state index in [0.717, 1.165) is 13.0 Å². The van der Waals surface area contributed by atoms with Crippen LogP contribution in [0.15, 0.2) is 0 Å². The Bertz CT molecular complexity index is 196. The second-order valence-corrected chi connectivity index (χ2v) is 5.22. The maximum absolute atomic E-state index is 8.74. The number of nitrogens with one attached hydrogen (secondary N) is 1. The van der Waals surface area contributed by atoms with E-state index in [2.05, 4.69) is 51.2 Å². The summed E-state index contributed by atoms with van der Waals surface area (Å²) in [4.78, 5) is 2.21. The zero-order valence-electron chi connectivity index (χ0n) is 11.5. The van der Waals surface area contributed by atoms with Crippen molar-refractivity contribution in [3.05, 3.63) is 0 Å². The predicted molar refractivity (Wildman–Crippen MR) is 69.2 cm³/mol. The van der Waals surface area contributed by atoms with Gasteiger partial charge >= 0.3 is 0 Å². The first-order valence-corrected chi connectivity index (χ1v) is 6.27. The minimum absolute atomic E-state index is 0.341. The summed E-state index contributed by atoms with van der Waals surface area (Å²) in [5, 5.41) is 12.3. The van der Waals surface area contributed by atoms with Crippen molar-refractivity contribution in [2.24, 2.45) is 5.92 Å². The second kappa shape index (κ2) is 8.55. The lowest BCUT2D eigenvalue weighted by atomic mass is 10.0. The fraction of sp³-hybridized carbons (Fsp3) is 0.923. The van der Waals surface area contributed by atoms with E-state index in [4.69, 9.17) is 5.26 Å². The number of likely N-dealkylation sites (N-methyl/N-ethyl adjacent to an activating group) is 1. The Balaban J connectivity index is 4.22. The number of hydrogen-bond donors (Lipinski definition) is 1. The number of hydrogen-bond acceptors (Lipinski definition) is 3. The minimum Gasteiger partial charge on any atom is -0.309 e. The van der Waals surface area contributed by atoms with Crippen LogP contribution in [-0.2, 0) is 0 Å². The molecule has 0 heterocycles. The highest BCUT2D eigenvalue weighted by Crippen LogP contribution is 2.08. The molecule has 0 aromatic heterocycles. The molecule has 0 rings (SSSR count). The van der Waals surface area contributed by atoms with Gasteiger partial charge in [-0.3, -0.25) is 0 Å². The van der Waals surface area contributed by atoms with Gasteiger partial charge in [0.05, 0.1) is 12.5 Å². The smallest absolute Gasteiger partial charge is 0.0638 e. The van der Waals surface area contributed by atoms with Crippen molar-refractivity contribution >= 4 is 0 Å². The van der Waals surface area contributed by atoms with Gasteiger partial charge in [0.15, 0.2) is 0 Å². The summed E-state index contributed by atoms with van der Waals surface area (Å²) in [5.41, 5.74) is 0. The van der Waals surface area contributed by atoms with Crippen LogP contribution in [0.5, 0.6) is 0 Å². The van der Waals surface area contributed by atoms with E-state index in [1.54, 1.807) is 0 Å². The fourth-order valence-corrected chi connectivity index (χ4v) is 1.97. The van der Waals surface area contributed by atoms with Gasteiger partial charge in [-0.15, -0.1) is 0 Å². The lowest BCUT2D eigenvalue weighted by Gasteiger charge is -2.27. The molecule has 0 aromatic rings. The van der Waals surface area contributed by atoms with Crippen molar-refractivity contribution in [1.29, 1.82) is 5.26 Å². The van der Waals surface area contributed by atoms with E-state index in [1.165, 1.54) is 6.42 Å². The first kappa shape index (κ1) is 15.4. The quantitative estimate of drug-likeness (QED) is 0.688. The van der Waals surface area contributed by atoms with Gasteiger partial charge in [0, 0.05) is 18.6 Å². The zero-order chi connectivity index (χ0) is 12.6. The Morgan fingerprint density at radius 3 is 2.25 bits per heavy atom. The van der Waals surface area contributed by atoms with Crippen molar-refractivity contribution < 1.29 is 0 Å². The van der Waals surface area contributed by atoms with Crippen LogP contribution in [0.25, 0.3) is 0 Å². The molecule has 16 heavy (non-hydrogen) atoms. The summed E-state index contributed by atoms with van der Waals surface area (Å²) in [7, 11) is 4.19. The van der Waals surface area contributed by atoms with Crippen LogP contribution in [0.4, 0.5) is 0 Å². The van der Waals surface area contributed by atoms with E-state index in [9.17, 15) is 0 Å². The van der Waals surface area contributed by atoms with Gasteiger partial charge < -0.3 is 10.2 Å². The first-order chi connectivity index (χ1) is 7.49. The van der Waals surface area contributed by atoms with Crippen molar-refractivity contribution in [1.82, 2.24) is 10.2 Å². The van der Waals surface area contributed by atoms with Crippen LogP contribution in [0.2, 0.25) is 0 Å². The van der Waals surface area contributed by atoms with Crippen LogP contribution in [0, 0.1) is 17.2 Å². The van der Waals surface area contributed by atoms with Crippen LogP contribution in [-0.4, -0.2) is 37.6 Å². The molecular formula is C13H27N3. The molecule has 0 aromatic carbocycles. The van der Waals surface area contributed by atoms with Gasteiger partial charge in [-0.1, -0.05) is 20.8 Å². The molecule has 0 saturated heterocycles. The van der Waals surface area contributed by atoms with E-state index in [-0.39, 0.29) is 0 Å². The molecule has 0 spiro atoms. The van der Waals surface area contributed by atoms with E-state index in [0.29, 0.717) is 24.4 Å². The molecule has 0 aliphatic heterocycles. The Hall–Kier alpha value is -0.590. The monoisotopic (exact) mass is 225 g/mol. The topological polar surface area (TPSA) is 39.1 Å². The third kappa shape index (κ3) is 7.67. The van der Waals surface area contributed by atoms with Gasteiger partial charge in [0.25, 0.3) is 0 Å². The first-order valence-electron chi connectivity index (χ1n) is 6.27. The molecular weight excluding hydrogens is 198 g/mol. The van der Waals surface area contributed by atoms with Crippen molar-refractivity contribution in [2.75, 3.05) is 20.6 Å². The molecule has 0 bridgehead atoms. The van der Waals surface area contributed by atoms with Crippen LogP contribution >= 0.6 is 0 Å². The Morgan fingerprint density at radius 1 is 1.25 bits per heavy atom. The molecule has 0 saturated carbocycles. The molecule has 0 aliphatic rings. The second-order valence-electron chi connectivity index (χ2n) is 5.22. The highest BCUT2D eigenvalue weighted by molar-refractivity contribution is 4.83. The van der Waals surface area contributed by atoms with Gasteiger partial charge in [-0.25, -0.2) is 0 Å². The third-order valence-corrected chi connectivity index (χ3v) is 2.64. The number of nitriles is 1. The van der Waals surface area contributed by atoms with Gasteiger partial charge in [-0.05, 0) is 32.9 Å². The largest absolute Gasteiger partial charge is 0.309 e. The maximum Gasteiger partial charge on any atom is 0.0638 e. The summed E-state index contributed by atoms with van der Waals surface area (Å²) in [6.45, 7) is 7.67. The van der Waals surface area contributed by atoms with Crippen LogP contribution < -0.4 is 5.32 Å². The van der Waals surface area contributed by atoms with Crippen molar-refractivity contribution in [3.8, 4) is 6.07 Å². The minimum atomic E-state index is 0.341. The van der Waals surface area contributed by atoms with Crippen LogP contribution in [0.1, 0.15) is 40.0 Å². The van der Waals surface area contributed by atoms with E-state index >= 15 is 0 Å². The average molecular weight is 225 g/mol. The summed E-state index contributed by atoms with van der Waals surface area (Å²) in [6.07, 6.45) is 2.80. The van der Waals surface area contributed by atoms with Crippen molar-refractivity contribution in [2.45, 2.75) is 52.1 Å². The maximum atomic E-state index is 8.74. The van der Waals surface area contributed by atoms with Gasteiger partial charge in [0.1, 0.15) is 0 Å². The molecule has 1 N–H and O–H groups in total. The molecule has 0 radical (unpaired) electrons.